The molecule has 1 aliphatic rings. The topological polar surface area (TPSA) is 79.5 Å². The number of ether oxygens (including phenoxy) is 1. The molecular formula is C15H20ClN3O3. The lowest BCUT2D eigenvalue weighted by Crippen LogP contribution is -2.45. The van der Waals surface area contributed by atoms with Gasteiger partial charge in [0.2, 0.25) is 5.91 Å². The zero-order chi connectivity index (χ0) is 15.8. The highest BCUT2D eigenvalue weighted by Gasteiger charge is 2.16. The number of amides is 2. The molecule has 120 valence electrons. The van der Waals surface area contributed by atoms with E-state index < -0.39 is 0 Å². The van der Waals surface area contributed by atoms with Crippen LogP contribution in [0, 0.1) is 0 Å². The van der Waals surface area contributed by atoms with Crippen LogP contribution in [0.15, 0.2) is 24.3 Å². The number of carbonyl (C=O) groups excluding carboxylic acids is 2. The van der Waals surface area contributed by atoms with E-state index in [1.54, 1.807) is 24.3 Å². The summed E-state index contributed by atoms with van der Waals surface area (Å²) in [6.07, 6.45) is 0.373. The summed E-state index contributed by atoms with van der Waals surface area (Å²) in [5.41, 5.74) is 0.430. The molecule has 1 aromatic rings. The van der Waals surface area contributed by atoms with Crippen molar-refractivity contribution in [1.82, 2.24) is 16.0 Å². The van der Waals surface area contributed by atoms with E-state index in [2.05, 4.69) is 16.0 Å². The van der Waals surface area contributed by atoms with Crippen LogP contribution in [-0.2, 0) is 9.53 Å². The van der Waals surface area contributed by atoms with Crippen molar-refractivity contribution < 1.29 is 14.3 Å². The van der Waals surface area contributed by atoms with Gasteiger partial charge in [0.15, 0.2) is 0 Å². The Morgan fingerprint density at radius 1 is 1.27 bits per heavy atom. The molecule has 0 aliphatic carbocycles. The highest BCUT2D eigenvalue weighted by Crippen LogP contribution is 2.14. The molecule has 7 heteroatoms. The molecule has 0 unspecified atom stereocenters. The lowest BCUT2D eigenvalue weighted by atomic mass is 10.2. The molecule has 0 aromatic heterocycles. The van der Waals surface area contributed by atoms with E-state index in [1.807, 2.05) is 0 Å². The highest BCUT2D eigenvalue weighted by atomic mass is 35.5. The fourth-order valence-corrected chi connectivity index (χ4v) is 2.39. The SMILES string of the molecule is O=C(C[C@H]1COCCN1)NCCNC(=O)c1ccccc1Cl. The van der Waals surface area contributed by atoms with Crippen LogP contribution in [0.1, 0.15) is 16.8 Å². The zero-order valence-corrected chi connectivity index (χ0v) is 13.0. The van der Waals surface area contributed by atoms with Gasteiger partial charge < -0.3 is 20.7 Å². The summed E-state index contributed by atoms with van der Waals surface area (Å²) in [6.45, 7) is 2.74. The van der Waals surface area contributed by atoms with Crippen LogP contribution in [0.5, 0.6) is 0 Å². The lowest BCUT2D eigenvalue weighted by Gasteiger charge is -2.23. The Kier molecular flexibility index (Phi) is 6.64. The quantitative estimate of drug-likeness (QED) is 0.668. The molecule has 3 N–H and O–H groups in total. The molecule has 1 aliphatic heterocycles. The van der Waals surface area contributed by atoms with Crippen molar-refractivity contribution >= 4 is 23.4 Å². The maximum Gasteiger partial charge on any atom is 0.252 e. The maximum absolute atomic E-state index is 11.9. The van der Waals surface area contributed by atoms with Crippen LogP contribution in [0.4, 0.5) is 0 Å². The van der Waals surface area contributed by atoms with Crippen molar-refractivity contribution in [3.05, 3.63) is 34.9 Å². The van der Waals surface area contributed by atoms with Gasteiger partial charge in [-0.15, -0.1) is 0 Å². The predicted molar refractivity (Wildman–Crippen MR) is 84.0 cm³/mol. The Balaban J connectivity index is 1.63. The van der Waals surface area contributed by atoms with E-state index in [0.717, 1.165) is 6.54 Å². The van der Waals surface area contributed by atoms with Gasteiger partial charge in [-0.05, 0) is 12.1 Å². The molecule has 1 aromatic carbocycles. The van der Waals surface area contributed by atoms with Crippen LogP contribution >= 0.6 is 11.6 Å². The van der Waals surface area contributed by atoms with Gasteiger partial charge in [0, 0.05) is 32.1 Å². The minimum atomic E-state index is -0.248. The van der Waals surface area contributed by atoms with Crippen molar-refractivity contribution in [1.29, 1.82) is 0 Å². The predicted octanol–water partition coefficient (Wildman–Crippen LogP) is 0.565. The number of morpholine rings is 1. The van der Waals surface area contributed by atoms with Gasteiger partial charge in [-0.1, -0.05) is 23.7 Å². The first-order chi connectivity index (χ1) is 10.7. The third kappa shape index (κ3) is 5.29. The van der Waals surface area contributed by atoms with E-state index in [-0.39, 0.29) is 17.9 Å². The number of hydrogen-bond donors (Lipinski definition) is 3. The number of halogens is 1. The Labute approximate surface area is 134 Å². The molecule has 1 atom stereocenters. The monoisotopic (exact) mass is 325 g/mol. The molecule has 0 spiro atoms. The van der Waals surface area contributed by atoms with Crippen LogP contribution in [0.3, 0.4) is 0 Å². The first kappa shape index (κ1) is 16.7. The van der Waals surface area contributed by atoms with Gasteiger partial charge in [0.05, 0.1) is 23.8 Å². The second-order valence-electron chi connectivity index (χ2n) is 5.02. The highest BCUT2D eigenvalue weighted by molar-refractivity contribution is 6.33. The zero-order valence-electron chi connectivity index (χ0n) is 12.2. The van der Waals surface area contributed by atoms with Crippen molar-refractivity contribution in [2.45, 2.75) is 12.5 Å². The molecule has 1 saturated heterocycles. The Morgan fingerprint density at radius 2 is 2.05 bits per heavy atom. The van der Waals surface area contributed by atoms with Gasteiger partial charge in [0.25, 0.3) is 5.91 Å². The lowest BCUT2D eigenvalue weighted by molar-refractivity contribution is -0.122. The van der Waals surface area contributed by atoms with E-state index in [9.17, 15) is 9.59 Å². The molecule has 6 nitrogen and oxygen atoms in total. The molecule has 1 fully saturated rings. The Hall–Kier alpha value is -1.63. The van der Waals surface area contributed by atoms with Gasteiger partial charge in [-0.3, -0.25) is 9.59 Å². The summed E-state index contributed by atoms with van der Waals surface area (Å²) in [7, 11) is 0. The molecule has 2 rings (SSSR count). The third-order valence-corrected chi connectivity index (χ3v) is 3.61. The van der Waals surface area contributed by atoms with Crippen LogP contribution in [0.25, 0.3) is 0 Å². The summed E-state index contributed by atoms with van der Waals surface area (Å²) in [5, 5.41) is 9.12. The van der Waals surface area contributed by atoms with Gasteiger partial charge >= 0.3 is 0 Å². The average molecular weight is 326 g/mol. The van der Waals surface area contributed by atoms with Crippen molar-refractivity contribution in [3.63, 3.8) is 0 Å². The minimum absolute atomic E-state index is 0.0602. The van der Waals surface area contributed by atoms with Gasteiger partial charge in [0.1, 0.15) is 0 Å². The summed E-state index contributed by atoms with van der Waals surface area (Å²) in [5.74, 6) is -0.308. The Morgan fingerprint density at radius 3 is 2.77 bits per heavy atom. The number of rotatable bonds is 6. The fraction of sp³-hybridized carbons (Fsp3) is 0.467. The fourth-order valence-electron chi connectivity index (χ4n) is 2.17. The molecule has 22 heavy (non-hydrogen) atoms. The molecular weight excluding hydrogens is 306 g/mol. The van der Waals surface area contributed by atoms with Gasteiger partial charge in [-0.2, -0.15) is 0 Å². The Bertz CT molecular complexity index is 519. The van der Waals surface area contributed by atoms with E-state index >= 15 is 0 Å². The second-order valence-corrected chi connectivity index (χ2v) is 5.42. The van der Waals surface area contributed by atoms with E-state index in [4.69, 9.17) is 16.3 Å². The average Bonchev–Trinajstić information content (AvgIpc) is 2.53. The largest absolute Gasteiger partial charge is 0.378 e. The minimum Gasteiger partial charge on any atom is -0.378 e. The summed E-state index contributed by atoms with van der Waals surface area (Å²) >= 11 is 5.94. The normalized spacial score (nSPS) is 17.8. The van der Waals surface area contributed by atoms with Crippen molar-refractivity contribution in [2.75, 3.05) is 32.8 Å². The standard InChI is InChI=1S/C15H20ClN3O3/c16-13-4-2-1-3-12(13)15(21)19-6-5-18-14(20)9-11-10-22-8-7-17-11/h1-4,11,17H,5-10H2,(H,18,20)(H,19,21)/t11-/m0/s1. The number of nitrogens with one attached hydrogen (secondary N) is 3. The smallest absolute Gasteiger partial charge is 0.252 e. The van der Waals surface area contributed by atoms with Gasteiger partial charge in [-0.25, -0.2) is 0 Å². The number of benzene rings is 1. The number of hydrogen-bond acceptors (Lipinski definition) is 4. The number of carbonyl (C=O) groups is 2. The molecule has 0 bridgehead atoms. The summed E-state index contributed by atoms with van der Waals surface area (Å²) in [6, 6.07) is 6.90. The second kappa shape index (κ2) is 8.73. The molecule has 0 saturated carbocycles. The van der Waals surface area contributed by atoms with E-state index in [1.165, 1.54) is 0 Å². The van der Waals surface area contributed by atoms with Crippen molar-refractivity contribution in [3.8, 4) is 0 Å². The molecule has 1 heterocycles. The van der Waals surface area contributed by atoms with E-state index in [0.29, 0.717) is 43.3 Å². The maximum atomic E-state index is 11.9. The molecule has 0 radical (unpaired) electrons. The third-order valence-electron chi connectivity index (χ3n) is 3.28. The summed E-state index contributed by atoms with van der Waals surface area (Å²) in [4.78, 5) is 23.6. The van der Waals surface area contributed by atoms with Crippen LogP contribution in [0.2, 0.25) is 5.02 Å². The van der Waals surface area contributed by atoms with Crippen molar-refractivity contribution in [2.24, 2.45) is 0 Å². The van der Waals surface area contributed by atoms with Crippen LogP contribution in [-0.4, -0.2) is 50.7 Å². The first-order valence-electron chi connectivity index (χ1n) is 7.27. The van der Waals surface area contributed by atoms with Crippen LogP contribution < -0.4 is 16.0 Å². The first-order valence-corrected chi connectivity index (χ1v) is 7.65. The molecule has 2 amide bonds. The summed E-state index contributed by atoms with van der Waals surface area (Å²) < 4.78 is 5.29.